The third-order valence-electron chi connectivity index (χ3n) is 7.61. The predicted octanol–water partition coefficient (Wildman–Crippen LogP) is 4.35. The number of ether oxygens (including phenoxy) is 4. The lowest BCUT2D eigenvalue weighted by Crippen LogP contribution is -2.46. The van der Waals surface area contributed by atoms with E-state index in [0.717, 1.165) is 24.8 Å². The van der Waals surface area contributed by atoms with Gasteiger partial charge in [0, 0.05) is 43.9 Å². The Labute approximate surface area is 298 Å². The summed E-state index contributed by atoms with van der Waals surface area (Å²) in [7, 11) is 0. The molecule has 0 aliphatic carbocycles. The van der Waals surface area contributed by atoms with Gasteiger partial charge in [0.2, 0.25) is 11.8 Å². The van der Waals surface area contributed by atoms with Crippen molar-refractivity contribution in [1.29, 1.82) is 0 Å². The second kappa shape index (κ2) is 29.4. The fourth-order valence-corrected chi connectivity index (χ4v) is 4.86. The number of nitrogens with one attached hydrogen (secondary N) is 2. The van der Waals surface area contributed by atoms with Crippen molar-refractivity contribution in [3.8, 4) is 0 Å². The van der Waals surface area contributed by atoms with Crippen LogP contribution in [0.1, 0.15) is 101 Å². The Morgan fingerprint density at radius 2 is 1.52 bits per heavy atom. The first kappa shape index (κ1) is 44.6. The number of hydrogen-bond donors (Lipinski definition) is 3. The largest absolute Gasteiger partial charge is 0.391 e. The van der Waals surface area contributed by atoms with E-state index in [-0.39, 0.29) is 30.1 Å². The normalized spacial score (nSPS) is 12.6. The third kappa shape index (κ3) is 23.9. The van der Waals surface area contributed by atoms with E-state index in [2.05, 4.69) is 29.6 Å². The zero-order chi connectivity index (χ0) is 36.8. The number of rotatable bonds is 32. The molecule has 13 heteroatoms. The first-order valence-corrected chi connectivity index (χ1v) is 18.0. The van der Waals surface area contributed by atoms with Crippen LogP contribution < -0.4 is 16.4 Å². The molecule has 1 aromatic carbocycles. The number of oxime groups is 1. The van der Waals surface area contributed by atoms with Gasteiger partial charge in [-0.25, -0.2) is 0 Å². The first-order valence-electron chi connectivity index (χ1n) is 18.0. The van der Waals surface area contributed by atoms with Gasteiger partial charge in [-0.2, -0.15) is 0 Å². The van der Waals surface area contributed by atoms with Crippen LogP contribution in [0.4, 0.5) is 0 Å². The van der Waals surface area contributed by atoms with E-state index in [1.54, 1.807) is 31.3 Å². The fraction of sp³-hybridized carbons (Fsp3) is 0.703. The fourth-order valence-electron chi connectivity index (χ4n) is 4.86. The van der Waals surface area contributed by atoms with E-state index < -0.39 is 11.9 Å². The standard InChI is InChI=1S/C37H62N4O9/c1-5-32(26-29(2)3)37(45)41-34(35(38)43)15-6-7-16-39-36(44)33-14-10-13-31(27-33)28-50-40-17-8-9-18-46-20-22-48-24-25-49-23-21-47-19-11-12-30(4)42/h10,13-14,17,27,29,32,34H,5-9,11-12,15-16,18-26,28H2,1-4H3,(H2,38,43)(H,39,44)(H,41,45)/b40-17+/t32-,34-/m0/s1. The van der Waals surface area contributed by atoms with Crippen LogP contribution in [0.3, 0.4) is 0 Å². The molecule has 50 heavy (non-hydrogen) atoms. The topological polar surface area (TPSA) is 177 Å². The van der Waals surface area contributed by atoms with E-state index in [4.69, 9.17) is 29.5 Å². The summed E-state index contributed by atoms with van der Waals surface area (Å²) in [5.74, 6) is -0.458. The molecular weight excluding hydrogens is 644 g/mol. The number of amides is 3. The monoisotopic (exact) mass is 706 g/mol. The highest BCUT2D eigenvalue weighted by Crippen LogP contribution is 2.16. The third-order valence-corrected chi connectivity index (χ3v) is 7.61. The van der Waals surface area contributed by atoms with Gasteiger partial charge in [-0.1, -0.05) is 38.1 Å². The molecule has 0 heterocycles. The molecule has 0 unspecified atom stereocenters. The van der Waals surface area contributed by atoms with Gasteiger partial charge in [-0.05, 0) is 81.9 Å². The predicted molar refractivity (Wildman–Crippen MR) is 193 cm³/mol. The van der Waals surface area contributed by atoms with Crippen LogP contribution in [0.2, 0.25) is 0 Å². The Morgan fingerprint density at radius 1 is 0.880 bits per heavy atom. The molecule has 1 aromatic rings. The van der Waals surface area contributed by atoms with Crippen molar-refractivity contribution in [2.24, 2.45) is 22.7 Å². The number of benzene rings is 1. The SMILES string of the molecule is CC[C@@H](CC(C)C)C(=O)N[C@@H](CCCCNC(=O)c1cccc(CO/N=C/CCCOCCOCCOCCOCCCC(C)=O)c1)C(N)=O. The van der Waals surface area contributed by atoms with Crippen molar-refractivity contribution >= 4 is 29.7 Å². The van der Waals surface area contributed by atoms with E-state index in [1.807, 2.05) is 13.0 Å². The van der Waals surface area contributed by atoms with Crippen molar-refractivity contribution in [3.63, 3.8) is 0 Å². The summed E-state index contributed by atoms with van der Waals surface area (Å²) in [6.45, 7) is 12.5. The molecule has 0 fully saturated rings. The maximum atomic E-state index is 12.7. The number of ketones is 1. The van der Waals surface area contributed by atoms with E-state index in [1.165, 1.54) is 0 Å². The average Bonchev–Trinajstić information content (AvgIpc) is 3.08. The van der Waals surface area contributed by atoms with Crippen LogP contribution in [0.25, 0.3) is 0 Å². The highest BCUT2D eigenvalue weighted by Gasteiger charge is 2.23. The molecule has 2 atom stereocenters. The van der Waals surface area contributed by atoms with Crippen molar-refractivity contribution in [1.82, 2.24) is 10.6 Å². The van der Waals surface area contributed by atoms with Gasteiger partial charge in [-0.3, -0.25) is 14.4 Å². The lowest BCUT2D eigenvalue weighted by Gasteiger charge is -2.21. The molecule has 13 nitrogen and oxygen atoms in total. The van der Waals surface area contributed by atoms with Crippen molar-refractivity contribution in [2.75, 3.05) is 59.4 Å². The number of unbranched alkanes of at least 4 members (excludes halogenated alkanes) is 2. The zero-order valence-electron chi connectivity index (χ0n) is 30.8. The van der Waals surface area contributed by atoms with Crippen molar-refractivity contribution in [2.45, 2.75) is 98.1 Å². The molecule has 0 saturated heterocycles. The molecule has 1 rings (SSSR count). The van der Waals surface area contributed by atoms with Gasteiger partial charge < -0.3 is 44.9 Å². The number of nitrogens with two attached hydrogens (primary N) is 1. The van der Waals surface area contributed by atoms with Crippen LogP contribution in [-0.2, 0) is 44.8 Å². The second-order valence-corrected chi connectivity index (χ2v) is 12.6. The van der Waals surface area contributed by atoms with Gasteiger partial charge in [-0.15, -0.1) is 0 Å². The average molecular weight is 707 g/mol. The quantitative estimate of drug-likeness (QED) is 0.0559. The molecule has 4 N–H and O–H groups in total. The number of hydrogen-bond acceptors (Lipinski definition) is 10. The molecule has 0 aromatic heterocycles. The van der Waals surface area contributed by atoms with Gasteiger partial charge in [0.15, 0.2) is 0 Å². The van der Waals surface area contributed by atoms with E-state index in [0.29, 0.717) is 109 Å². The van der Waals surface area contributed by atoms with Gasteiger partial charge in [0.05, 0.1) is 39.6 Å². The minimum absolute atomic E-state index is 0.132. The number of nitrogens with zero attached hydrogens (tertiary/aromatic N) is 1. The summed E-state index contributed by atoms with van der Waals surface area (Å²) >= 11 is 0. The Morgan fingerprint density at radius 3 is 2.12 bits per heavy atom. The van der Waals surface area contributed by atoms with Crippen LogP contribution >= 0.6 is 0 Å². The molecule has 0 aliphatic heterocycles. The minimum atomic E-state index is -0.719. The van der Waals surface area contributed by atoms with Gasteiger partial charge in [0.1, 0.15) is 18.4 Å². The number of Topliss-reactive ketones (excluding diaryl/α,β-unsaturated/α-hetero) is 1. The van der Waals surface area contributed by atoms with Crippen LogP contribution in [0, 0.1) is 11.8 Å². The first-order chi connectivity index (χ1) is 24.1. The summed E-state index contributed by atoms with van der Waals surface area (Å²) in [4.78, 5) is 53.4. The molecule has 0 bridgehead atoms. The Balaban J connectivity index is 2.11. The summed E-state index contributed by atoms with van der Waals surface area (Å²) in [5.41, 5.74) is 6.88. The molecule has 0 aliphatic rings. The number of carbonyl (C=O) groups is 4. The summed E-state index contributed by atoms with van der Waals surface area (Å²) in [6, 6.07) is 6.45. The molecule has 3 amide bonds. The minimum Gasteiger partial charge on any atom is -0.391 e. The van der Waals surface area contributed by atoms with Crippen LogP contribution in [-0.4, -0.2) is 95.2 Å². The molecule has 0 spiro atoms. The molecule has 0 saturated carbocycles. The summed E-state index contributed by atoms with van der Waals surface area (Å²) < 4.78 is 21.9. The number of carbonyl (C=O) groups excluding carboxylic acids is 4. The van der Waals surface area contributed by atoms with Gasteiger partial charge >= 0.3 is 0 Å². The molecular formula is C37H62N4O9. The molecule has 284 valence electrons. The molecule has 0 radical (unpaired) electrons. The van der Waals surface area contributed by atoms with Crippen LogP contribution in [0.5, 0.6) is 0 Å². The highest BCUT2D eigenvalue weighted by atomic mass is 16.6. The smallest absolute Gasteiger partial charge is 0.251 e. The van der Waals surface area contributed by atoms with Crippen molar-refractivity contribution in [3.05, 3.63) is 35.4 Å². The Kier molecular flexibility index (Phi) is 26.2. The van der Waals surface area contributed by atoms with Gasteiger partial charge in [0.25, 0.3) is 5.91 Å². The summed E-state index contributed by atoms with van der Waals surface area (Å²) in [5, 5.41) is 9.71. The lowest BCUT2D eigenvalue weighted by atomic mass is 9.93. The Hall–Kier alpha value is -3.39. The number of primary amides is 1. The lowest BCUT2D eigenvalue weighted by molar-refractivity contribution is -0.130. The maximum Gasteiger partial charge on any atom is 0.251 e. The van der Waals surface area contributed by atoms with Crippen LogP contribution in [0.15, 0.2) is 29.4 Å². The van der Waals surface area contributed by atoms with Crippen molar-refractivity contribution < 1.29 is 43.0 Å². The van der Waals surface area contributed by atoms with E-state index in [9.17, 15) is 19.2 Å². The maximum absolute atomic E-state index is 12.7. The second-order valence-electron chi connectivity index (χ2n) is 12.6. The van der Waals surface area contributed by atoms with E-state index >= 15 is 0 Å². The summed E-state index contributed by atoms with van der Waals surface area (Å²) in [6.07, 6.45) is 7.66. The highest BCUT2D eigenvalue weighted by molar-refractivity contribution is 5.94. The zero-order valence-corrected chi connectivity index (χ0v) is 30.8. The Bertz CT molecular complexity index is 1120.